The molecule has 1 unspecified atom stereocenters. The van der Waals surface area contributed by atoms with Crippen LogP contribution in [0, 0.1) is 12.3 Å². The lowest BCUT2D eigenvalue weighted by Gasteiger charge is -2.09. The molecule has 0 aliphatic carbocycles. The second kappa shape index (κ2) is 4.78. The predicted octanol–water partition coefficient (Wildman–Crippen LogP) is -0.122. The minimum Gasteiger partial charge on any atom is -0.352 e. The molecule has 1 aliphatic heterocycles. The molecule has 0 aromatic heterocycles. The molecule has 12 heavy (non-hydrogen) atoms. The smallest absolute Gasteiger partial charge is 0.220 e. The Balaban J connectivity index is 2.01. The molecule has 3 heteroatoms. The highest BCUT2D eigenvalue weighted by Crippen LogP contribution is 2.04. The summed E-state index contributed by atoms with van der Waals surface area (Å²) in [6.07, 6.45) is 7.45. The van der Waals surface area contributed by atoms with Crippen LogP contribution in [-0.2, 0) is 4.79 Å². The Labute approximate surface area is 72.9 Å². The van der Waals surface area contributed by atoms with Gasteiger partial charge in [0, 0.05) is 32.0 Å². The van der Waals surface area contributed by atoms with Crippen LogP contribution in [0.3, 0.4) is 0 Å². The van der Waals surface area contributed by atoms with Crippen LogP contribution in [0.25, 0.3) is 0 Å². The highest BCUT2D eigenvalue weighted by molar-refractivity contribution is 5.78. The molecule has 1 aliphatic rings. The number of amides is 1. The van der Waals surface area contributed by atoms with Crippen LogP contribution >= 0.6 is 0 Å². The Morgan fingerprint density at radius 3 is 3.17 bits per heavy atom. The van der Waals surface area contributed by atoms with Crippen LogP contribution in [0.2, 0.25) is 0 Å². The molecule has 1 fully saturated rings. The van der Waals surface area contributed by atoms with Crippen molar-refractivity contribution in [1.29, 1.82) is 0 Å². The summed E-state index contributed by atoms with van der Waals surface area (Å²) in [6, 6.07) is 0.315. The van der Waals surface area contributed by atoms with E-state index < -0.39 is 0 Å². The summed E-state index contributed by atoms with van der Waals surface area (Å²) < 4.78 is 0. The van der Waals surface area contributed by atoms with Gasteiger partial charge in [-0.1, -0.05) is 0 Å². The van der Waals surface area contributed by atoms with Crippen molar-refractivity contribution in [2.45, 2.75) is 25.3 Å². The van der Waals surface area contributed by atoms with Crippen molar-refractivity contribution in [2.75, 3.05) is 13.1 Å². The van der Waals surface area contributed by atoms with Crippen LogP contribution in [0.4, 0.5) is 0 Å². The molecule has 1 amide bonds. The van der Waals surface area contributed by atoms with Gasteiger partial charge in [-0.25, -0.2) is 0 Å². The summed E-state index contributed by atoms with van der Waals surface area (Å²) in [5.74, 6) is 2.72. The van der Waals surface area contributed by atoms with E-state index in [9.17, 15) is 4.79 Å². The third kappa shape index (κ3) is 2.93. The number of rotatable bonds is 4. The van der Waals surface area contributed by atoms with E-state index in [4.69, 9.17) is 6.42 Å². The first kappa shape index (κ1) is 9.08. The van der Waals surface area contributed by atoms with E-state index in [1.807, 2.05) is 0 Å². The molecule has 3 nitrogen and oxygen atoms in total. The minimum atomic E-state index is 0.166. The second-order valence-electron chi connectivity index (χ2n) is 2.96. The van der Waals surface area contributed by atoms with Crippen molar-refractivity contribution in [3.63, 3.8) is 0 Å². The molecule has 1 atom stereocenters. The van der Waals surface area contributed by atoms with Gasteiger partial charge in [0.1, 0.15) is 0 Å². The van der Waals surface area contributed by atoms with Crippen molar-refractivity contribution in [3.05, 3.63) is 0 Å². The molecule has 0 bridgehead atoms. The highest BCUT2D eigenvalue weighted by Gasteiger charge is 2.19. The average molecular weight is 166 g/mol. The van der Waals surface area contributed by atoms with Gasteiger partial charge in [0.25, 0.3) is 0 Å². The van der Waals surface area contributed by atoms with E-state index in [1.165, 1.54) is 0 Å². The maximum atomic E-state index is 10.8. The first-order valence-corrected chi connectivity index (χ1v) is 4.26. The Morgan fingerprint density at radius 1 is 1.75 bits per heavy atom. The van der Waals surface area contributed by atoms with Gasteiger partial charge in [0.15, 0.2) is 0 Å². The number of carbonyl (C=O) groups excluding carboxylic acids is 1. The monoisotopic (exact) mass is 166 g/mol. The van der Waals surface area contributed by atoms with Crippen molar-refractivity contribution in [1.82, 2.24) is 10.6 Å². The Kier molecular flexibility index (Phi) is 3.62. The third-order valence-corrected chi connectivity index (χ3v) is 1.92. The van der Waals surface area contributed by atoms with Crippen molar-refractivity contribution >= 4 is 5.91 Å². The van der Waals surface area contributed by atoms with E-state index in [-0.39, 0.29) is 5.91 Å². The average Bonchev–Trinajstić information content (AvgIpc) is 2.45. The fourth-order valence-electron chi connectivity index (χ4n) is 1.27. The van der Waals surface area contributed by atoms with Gasteiger partial charge in [-0.05, 0) is 6.42 Å². The zero-order chi connectivity index (χ0) is 8.81. The second-order valence-corrected chi connectivity index (χ2v) is 2.96. The van der Waals surface area contributed by atoms with Crippen LogP contribution in [-0.4, -0.2) is 25.0 Å². The van der Waals surface area contributed by atoms with Crippen LogP contribution < -0.4 is 10.6 Å². The first-order valence-electron chi connectivity index (χ1n) is 4.26. The molecule has 0 aromatic rings. The number of hydrogen-bond donors (Lipinski definition) is 2. The highest BCUT2D eigenvalue weighted by atomic mass is 16.1. The standard InChI is InChI=1S/C9H14N2O/c1-2-3-6-10-7-8-4-5-9(12)11-8/h1,8,10H,3-7H2,(H,11,12). The summed E-state index contributed by atoms with van der Waals surface area (Å²) in [5, 5.41) is 6.07. The summed E-state index contributed by atoms with van der Waals surface area (Å²) in [4.78, 5) is 10.8. The van der Waals surface area contributed by atoms with Gasteiger partial charge in [0.05, 0.1) is 0 Å². The van der Waals surface area contributed by atoms with Gasteiger partial charge in [0.2, 0.25) is 5.91 Å². The SMILES string of the molecule is C#CCCNCC1CCC(=O)N1. The lowest BCUT2D eigenvalue weighted by molar-refractivity contribution is -0.119. The molecule has 1 saturated heterocycles. The minimum absolute atomic E-state index is 0.166. The van der Waals surface area contributed by atoms with E-state index in [0.717, 1.165) is 25.9 Å². The van der Waals surface area contributed by atoms with Gasteiger partial charge < -0.3 is 10.6 Å². The van der Waals surface area contributed by atoms with E-state index in [2.05, 4.69) is 16.6 Å². The number of hydrogen-bond acceptors (Lipinski definition) is 2. The fraction of sp³-hybridized carbons (Fsp3) is 0.667. The topological polar surface area (TPSA) is 41.1 Å². The lowest BCUT2D eigenvalue weighted by Crippen LogP contribution is -2.35. The van der Waals surface area contributed by atoms with Crippen molar-refractivity contribution in [2.24, 2.45) is 0 Å². The number of carbonyl (C=O) groups is 1. The summed E-state index contributed by atoms with van der Waals surface area (Å²) >= 11 is 0. The predicted molar refractivity (Wildman–Crippen MR) is 47.5 cm³/mol. The van der Waals surface area contributed by atoms with Crippen LogP contribution in [0.5, 0.6) is 0 Å². The van der Waals surface area contributed by atoms with E-state index in [0.29, 0.717) is 12.5 Å². The van der Waals surface area contributed by atoms with Gasteiger partial charge in [-0.3, -0.25) is 4.79 Å². The van der Waals surface area contributed by atoms with Crippen molar-refractivity contribution in [3.8, 4) is 12.3 Å². The fourth-order valence-corrected chi connectivity index (χ4v) is 1.27. The summed E-state index contributed by atoms with van der Waals surface area (Å²) in [5.41, 5.74) is 0. The molecular formula is C9H14N2O. The third-order valence-electron chi connectivity index (χ3n) is 1.92. The number of nitrogens with one attached hydrogen (secondary N) is 2. The summed E-state index contributed by atoms with van der Waals surface area (Å²) in [7, 11) is 0. The van der Waals surface area contributed by atoms with Crippen molar-refractivity contribution < 1.29 is 4.79 Å². The van der Waals surface area contributed by atoms with Crippen LogP contribution in [0.15, 0.2) is 0 Å². The Hall–Kier alpha value is -1.01. The van der Waals surface area contributed by atoms with Crippen LogP contribution in [0.1, 0.15) is 19.3 Å². The maximum Gasteiger partial charge on any atom is 0.220 e. The van der Waals surface area contributed by atoms with Gasteiger partial charge >= 0.3 is 0 Å². The zero-order valence-electron chi connectivity index (χ0n) is 7.10. The molecule has 0 spiro atoms. The lowest BCUT2D eigenvalue weighted by atomic mass is 10.2. The first-order chi connectivity index (χ1) is 5.83. The largest absolute Gasteiger partial charge is 0.352 e. The van der Waals surface area contributed by atoms with Gasteiger partial charge in [-0.2, -0.15) is 0 Å². The molecule has 1 rings (SSSR count). The molecule has 2 N–H and O–H groups in total. The number of terminal acetylenes is 1. The molecule has 0 saturated carbocycles. The molecule has 0 radical (unpaired) electrons. The van der Waals surface area contributed by atoms with E-state index in [1.54, 1.807) is 0 Å². The molecular weight excluding hydrogens is 152 g/mol. The maximum absolute atomic E-state index is 10.8. The molecule has 66 valence electrons. The normalized spacial score (nSPS) is 21.9. The molecule has 0 aromatic carbocycles. The molecule has 1 heterocycles. The Bertz CT molecular complexity index is 195. The quantitative estimate of drug-likeness (QED) is 0.451. The summed E-state index contributed by atoms with van der Waals surface area (Å²) in [6.45, 7) is 1.68. The van der Waals surface area contributed by atoms with E-state index >= 15 is 0 Å². The Morgan fingerprint density at radius 2 is 2.58 bits per heavy atom. The van der Waals surface area contributed by atoms with Gasteiger partial charge in [-0.15, -0.1) is 12.3 Å². The zero-order valence-corrected chi connectivity index (χ0v) is 7.10.